The maximum Gasteiger partial charge on any atom is 0.269 e. The molecular formula is C22H22N4O4S2. The van der Waals surface area contributed by atoms with Crippen LogP contribution in [0.1, 0.15) is 23.3 Å². The van der Waals surface area contributed by atoms with Gasteiger partial charge in [-0.3, -0.25) is 10.1 Å². The Balaban J connectivity index is 1.39. The number of benzene rings is 2. The first-order chi connectivity index (χ1) is 15.4. The number of sulfone groups is 1. The molecule has 0 amide bonds. The summed E-state index contributed by atoms with van der Waals surface area (Å²) in [6.45, 7) is 1.46. The van der Waals surface area contributed by atoms with Crippen molar-refractivity contribution < 1.29 is 13.3 Å². The van der Waals surface area contributed by atoms with Gasteiger partial charge in [0.2, 0.25) is 0 Å². The van der Waals surface area contributed by atoms with Gasteiger partial charge in [-0.15, -0.1) is 0 Å². The Morgan fingerprint density at radius 3 is 2.41 bits per heavy atom. The molecular weight excluding hydrogens is 448 g/mol. The number of piperidine rings is 1. The van der Waals surface area contributed by atoms with Gasteiger partial charge < -0.3 is 10.6 Å². The number of thiazole rings is 1. The summed E-state index contributed by atoms with van der Waals surface area (Å²) in [6, 6.07) is 13.1. The van der Waals surface area contributed by atoms with E-state index in [4.69, 9.17) is 0 Å². The van der Waals surface area contributed by atoms with Crippen molar-refractivity contribution in [3.8, 4) is 0 Å². The van der Waals surface area contributed by atoms with E-state index >= 15 is 0 Å². The number of nitro groups is 1. The van der Waals surface area contributed by atoms with E-state index in [0.717, 1.165) is 29.2 Å². The lowest BCUT2D eigenvalue weighted by molar-refractivity contribution is -0.384. The van der Waals surface area contributed by atoms with Crippen LogP contribution in [0.3, 0.4) is 0 Å². The van der Waals surface area contributed by atoms with Gasteiger partial charge in [-0.1, -0.05) is 17.4 Å². The topological polar surface area (TPSA) is 114 Å². The summed E-state index contributed by atoms with van der Waals surface area (Å²) in [5.41, 5.74) is 1.67. The summed E-state index contributed by atoms with van der Waals surface area (Å²) in [7, 11) is -3.32. The lowest BCUT2D eigenvalue weighted by Gasteiger charge is -2.22. The minimum Gasteiger partial charge on any atom is -0.332 e. The van der Waals surface area contributed by atoms with Gasteiger partial charge in [-0.25, -0.2) is 13.4 Å². The number of anilines is 2. The Kier molecular flexibility index (Phi) is 6.63. The second-order valence-electron chi connectivity index (χ2n) is 7.39. The van der Waals surface area contributed by atoms with Crippen LogP contribution in [0.15, 0.2) is 59.6 Å². The fourth-order valence-electron chi connectivity index (χ4n) is 3.46. The zero-order valence-electron chi connectivity index (χ0n) is 17.1. The monoisotopic (exact) mass is 470 g/mol. The highest BCUT2D eigenvalue weighted by atomic mass is 32.2. The van der Waals surface area contributed by atoms with Crippen molar-refractivity contribution in [3.05, 3.63) is 75.3 Å². The van der Waals surface area contributed by atoms with Crippen molar-refractivity contribution in [2.24, 2.45) is 0 Å². The van der Waals surface area contributed by atoms with Crippen molar-refractivity contribution in [2.75, 3.05) is 18.4 Å². The Hall–Kier alpha value is -3.08. The third-order valence-corrected chi connectivity index (χ3v) is 8.38. The summed E-state index contributed by atoms with van der Waals surface area (Å²) in [6.07, 6.45) is 6.75. The highest BCUT2D eigenvalue weighted by Gasteiger charge is 2.28. The zero-order chi connectivity index (χ0) is 22.6. The van der Waals surface area contributed by atoms with Gasteiger partial charge in [0.15, 0.2) is 15.0 Å². The van der Waals surface area contributed by atoms with E-state index < -0.39 is 14.8 Å². The van der Waals surface area contributed by atoms with Crippen LogP contribution in [0.5, 0.6) is 0 Å². The van der Waals surface area contributed by atoms with Crippen molar-refractivity contribution in [1.29, 1.82) is 0 Å². The van der Waals surface area contributed by atoms with Crippen molar-refractivity contribution in [3.63, 3.8) is 0 Å². The van der Waals surface area contributed by atoms with Crippen molar-refractivity contribution in [1.82, 2.24) is 10.3 Å². The number of non-ortho nitro benzene ring substituents is 1. The summed E-state index contributed by atoms with van der Waals surface area (Å²) in [4.78, 5) is 15.9. The first kappa shape index (κ1) is 22.1. The summed E-state index contributed by atoms with van der Waals surface area (Å²) in [5.74, 6) is 0. The minimum atomic E-state index is -3.32. The standard InChI is InChI=1S/C22H22N4O4S2/c27-26(28)18-6-1-16(2-7-18)3-8-19-15-24-22(31-19)25-17-4-9-20(10-5-17)32(29,30)21-11-13-23-14-12-21/h1-10,15,21,23H,11-14H2,(H,24,25). The molecule has 0 atom stereocenters. The predicted octanol–water partition coefficient (Wildman–Crippen LogP) is 4.49. The molecule has 1 aliphatic heterocycles. The molecule has 8 nitrogen and oxygen atoms in total. The van der Waals surface area contributed by atoms with Crippen LogP contribution in [-0.4, -0.2) is 36.7 Å². The normalized spacial score (nSPS) is 15.1. The van der Waals surface area contributed by atoms with Crippen molar-refractivity contribution >= 4 is 49.8 Å². The van der Waals surface area contributed by atoms with Crippen LogP contribution in [0, 0.1) is 10.1 Å². The van der Waals surface area contributed by atoms with E-state index in [-0.39, 0.29) is 10.9 Å². The second kappa shape index (κ2) is 9.60. The van der Waals surface area contributed by atoms with Crippen molar-refractivity contribution in [2.45, 2.75) is 23.0 Å². The van der Waals surface area contributed by atoms with Gasteiger partial charge in [0.25, 0.3) is 5.69 Å². The molecule has 2 N–H and O–H groups in total. The summed E-state index contributed by atoms with van der Waals surface area (Å²) < 4.78 is 25.6. The van der Waals surface area contributed by atoms with Crippen LogP contribution in [0.2, 0.25) is 0 Å². The average Bonchev–Trinajstić information content (AvgIpc) is 3.26. The van der Waals surface area contributed by atoms with Gasteiger partial charge in [-0.05, 0) is 74.0 Å². The molecule has 3 aromatic rings. The molecule has 4 rings (SSSR count). The number of nitrogens with zero attached hydrogens (tertiary/aromatic N) is 2. The number of rotatable bonds is 7. The molecule has 1 aliphatic rings. The Bertz CT molecular complexity index is 1210. The smallest absolute Gasteiger partial charge is 0.269 e. The van der Waals surface area contributed by atoms with E-state index in [1.807, 2.05) is 12.2 Å². The third kappa shape index (κ3) is 5.21. The van der Waals surface area contributed by atoms with Crippen LogP contribution >= 0.6 is 11.3 Å². The molecule has 10 heteroatoms. The van der Waals surface area contributed by atoms with E-state index in [1.54, 1.807) is 42.6 Å². The molecule has 2 heterocycles. The van der Waals surface area contributed by atoms with Crippen LogP contribution < -0.4 is 10.6 Å². The van der Waals surface area contributed by atoms with E-state index in [2.05, 4.69) is 15.6 Å². The largest absolute Gasteiger partial charge is 0.332 e. The fraction of sp³-hybridized carbons (Fsp3) is 0.227. The second-order valence-corrected chi connectivity index (χ2v) is 10.7. The van der Waals surface area contributed by atoms with Gasteiger partial charge in [-0.2, -0.15) is 0 Å². The van der Waals surface area contributed by atoms with E-state index in [9.17, 15) is 18.5 Å². The van der Waals surface area contributed by atoms with Crippen LogP contribution in [0.4, 0.5) is 16.5 Å². The molecule has 166 valence electrons. The molecule has 1 saturated heterocycles. The van der Waals surface area contributed by atoms with Crippen LogP contribution in [0.25, 0.3) is 12.2 Å². The number of hydrogen-bond acceptors (Lipinski definition) is 8. The number of nitro benzene ring substituents is 1. The molecule has 0 radical (unpaired) electrons. The van der Waals surface area contributed by atoms with E-state index in [1.165, 1.54) is 23.5 Å². The molecule has 1 aromatic heterocycles. The van der Waals surface area contributed by atoms with Gasteiger partial charge in [0.05, 0.1) is 15.1 Å². The third-order valence-electron chi connectivity index (χ3n) is 5.23. The number of hydrogen-bond donors (Lipinski definition) is 2. The number of nitrogens with one attached hydrogen (secondary N) is 2. The molecule has 0 aliphatic carbocycles. The molecule has 32 heavy (non-hydrogen) atoms. The zero-order valence-corrected chi connectivity index (χ0v) is 18.7. The summed E-state index contributed by atoms with van der Waals surface area (Å²) in [5, 5.41) is 17.5. The first-order valence-corrected chi connectivity index (χ1v) is 12.5. The fourth-order valence-corrected chi connectivity index (χ4v) is 5.95. The first-order valence-electron chi connectivity index (χ1n) is 10.1. The average molecular weight is 471 g/mol. The molecule has 0 unspecified atom stereocenters. The Labute approximate surface area is 190 Å². The molecule has 2 aromatic carbocycles. The summed E-state index contributed by atoms with van der Waals surface area (Å²) >= 11 is 1.45. The molecule has 0 saturated carbocycles. The Morgan fingerprint density at radius 2 is 1.75 bits per heavy atom. The van der Waals surface area contributed by atoms with Gasteiger partial charge in [0.1, 0.15) is 0 Å². The lowest BCUT2D eigenvalue weighted by atomic mass is 10.2. The highest BCUT2D eigenvalue weighted by Crippen LogP contribution is 2.27. The maximum atomic E-state index is 12.8. The van der Waals surface area contributed by atoms with Gasteiger partial charge >= 0.3 is 0 Å². The predicted molar refractivity (Wildman–Crippen MR) is 127 cm³/mol. The molecule has 0 spiro atoms. The molecule has 1 fully saturated rings. The lowest BCUT2D eigenvalue weighted by Crippen LogP contribution is -2.35. The number of aromatic nitrogens is 1. The van der Waals surface area contributed by atoms with Crippen LogP contribution in [-0.2, 0) is 9.84 Å². The SMILES string of the molecule is O=[N+]([O-])c1ccc(C=Cc2cnc(Nc3ccc(S(=O)(=O)C4CCNCC4)cc3)s2)cc1. The minimum absolute atomic E-state index is 0.0565. The quantitative estimate of drug-likeness (QED) is 0.386. The van der Waals surface area contributed by atoms with E-state index in [0.29, 0.717) is 22.9 Å². The van der Waals surface area contributed by atoms with Gasteiger partial charge in [0, 0.05) is 28.9 Å². The Morgan fingerprint density at radius 1 is 1.06 bits per heavy atom. The maximum absolute atomic E-state index is 12.8. The molecule has 0 bridgehead atoms. The highest BCUT2D eigenvalue weighted by molar-refractivity contribution is 7.92.